The second kappa shape index (κ2) is 4.39. The summed E-state index contributed by atoms with van der Waals surface area (Å²) >= 11 is 0. The van der Waals surface area contributed by atoms with E-state index in [0.717, 1.165) is 39.0 Å². The summed E-state index contributed by atoms with van der Waals surface area (Å²) in [7, 11) is 0. The van der Waals surface area contributed by atoms with Crippen molar-refractivity contribution in [3.63, 3.8) is 0 Å². The molecular weight excluding hydrogens is 190 g/mol. The molecule has 2 rings (SSSR count). The Bertz CT molecular complexity index is 236. The van der Waals surface area contributed by atoms with Gasteiger partial charge < -0.3 is 15.1 Å². The van der Waals surface area contributed by atoms with E-state index in [2.05, 4.69) is 24.1 Å². The van der Waals surface area contributed by atoms with Crippen LogP contribution in [0.1, 0.15) is 26.7 Å². The maximum atomic E-state index is 12.2. The fraction of sp³-hybridized carbons (Fsp3) is 0.909. The average molecular weight is 211 g/mol. The fourth-order valence-corrected chi connectivity index (χ4v) is 2.49. The number of rotatable bonds is 2. The summed E-state index contributed by atoms with van der Waals surface area (Å²) in [6.07, 6.45) is 2.22. The molecule has 0 saturated carbocycles. The summed E-state index contributed by atoms with van der Waals surface area (Å²) in [5, 5.41) is 3.32. The minimum atomic E-state index is 0.241. The first kappa shape index (κ1) is 10.7. The van der Waals surface area contributed by atoms with Crippen molar-refractivity contribution in [2.75, 3.05) is 26.2 Å². The van der Waals surface area contributed by atoms with Gasteiger partial charge in [0.1, 0.15) is 0 Å². The van der Waals surface area contributed by atoms with Crippen LogP contribution < -0.4 is 5.32 Å². The van der Waals surface area contributed by atoms with Crippen molar-refractivity contribution in [3.05, 3.63) is 0 Å². The Balaban J connectivity index is 2.02. The Morgan fingerprint density at radius 3 is 2.80 bits per heavy atom. The van der Waals surface area contributed by atoms with Crippen LogP contribution in [-0.4, -0.2) is 54.1 Å². The average Bonchev–Trinajstić information content (AvgIpc) is 2.70. The molecule has 0 bridgehead atoms. The molecule has 2 aliphatic rings. The number of nitrogens with zero attached hydrogens (tertiary/aromatic N) is 2. The van der Waals surface area contributed by atoms with E-state index < -0.39 is 0 Å². The van der Waals surface area contributed by atoms with Gasteiger partial charge in [-0.1, -0.05) is 0 Å². The molecule has 0 aliphatic carbocycles. The van der Waals surface area contributed by atoms with Crippen LogP contribution in [-0.2, 0) is 0 Å². The van der Waals surface area contributed by atoms with Gasteiger partial charge in [0, 0.05) is 31.7 Å². The van der Waals surface area contributed by atoms with Crippen molar-refractivity contribution in [2.45, 2.75) is 38.8 Å². The molecular formula is C11H21N3O. The topological polar surface area (TPSA) is 35.6 Å². The number of urea groups is 1. The van der Waals surface area contributed by atoms with Gasteiger partial charge in [-0.05, 0) is 33.2 Å². The van der Waals surface area contributed by atoms with Crippen LogP contribution in [0.3, 0.4) is 0 Å². The Hall–Kier alpha value is -0.770. The molecule has 0 aromatic heterocycles. The zero-order valence-electron chi connectivity index (χ0n) is 9.70. The van der Waals surface area contributed by atoms with Gasteiger partial charge in [-0.2, -0.15) is 0 Å². The predicted octanol–water partition coefficient (Wildman–Crippen LogP) is 0.884. The standard InChI is InChI=1S/C11H21N3O/c1-9(2)13-6-3-7-14(11(13)15)10-4-5-12-8-10/h9-10,12H,3-8H2,1-2H3/t10-/m0/s1. The van der Waals surface area contributed by atoms with Crippen LogP contribution in [0.25, 0.3) is 0 Å². The van der Waals surface area contributed by atoms with Gasteiger partial charge in [0.05, 0.1) is 0 Å². The molecule has 15 heavy (non-hydrogen) atoms. The molecule has 0 radical (unpaired) electrons. The molecule has 0 unspecified atom stereocenters. The second-order valence-electron chi connectivity index (χ2n) is 4.76. The number of hydrogen-bond donors (Lipinski definition) is 1. The smallest absolute Gasteiger partial charge is 0.320 e. The van der Waals surface area contributed by atoms with E-state index in [1.807, 2.05) is 4.90 Å². The van der Waals surface area contributed by atoms with Gasteiger partial charge in [-0.3, -0.25) is 0 Å². The van der Waals surface area contributed by atoms with Crippen molar-refractivity contribution >= 4 is 6.03 Å². The summed E-state index contributed by atoms with van der Waals surface area (Å²) in [6.45, 7) is 8.07. The van der Waals surface area contributed by atoms with E-state index in [1.165, 1.54) is 0 Å². The first-order valence-corrected chi connectivity index (χ1v) is 5.98. The minimum Gasteiger partial charge on any atom is -0.322 e. The zero-order chi connectivity index (χ0) is 10.8. The monoisotopic (exact) mass is 211 g/mol. The Morgan fingerprint density at radius 2 is 2.20 bits per heavy atom. The van der Waals surface area contributed by atoms with E-state index in [-0.39, 0.29) is 6.03 Å². The second-order valence-corrected chi connectivity index (χ2v) is 4.76. The highest BCUT2D eigenvalue weighted by Crippen LogP contribution is 2.18. The molecule has 1 atom stereocenters. The van der Waals surface area contributed by atoms with Gasteiger partial charge in [0.25, 0.3) is 0 Å². The summed E-state index contributed by atoms with van der Waals surface area (Å²) in [5.74, 6) is 0. The lowest BCUT2D eigenvalue weighted by atomic mass is 10.1. The number of carbonyl (C=O) groups excluding carboxylic acids is 1. The zero-order valence-corrected chi connectivity index (χ0v) is 9.70. The van der Waals surface area contributed by atoms with Crippen LogP contribution >= 0.6 is 0 Å². The normalized spacial score (nSPS) is 27.9. The number of nitrogens with one attached hydrogen (secondary N) is 1. The largest absolute Gasteiger partial charge is 0.322 e. The lowest BCUT2D eigenvalue weighted by Gasteiger charge is -2.40. The Labute approximate surface area is 91.6 Å². The quantitative estimate of drug-likeness (QED) is 0.736. The molecule has 2 saturated heterocycles. The molecule has 2 amide bonds. The van der Waals surface area contributed by atoms with Gasteiger partial charge in [0.15, 0.2) is 0 Å². The third-order valence-corrected chi connectivity index (χ3v) is 3.39. The van der Waals surface area contributed by atoms with E-state index in [0.29, 0.717) is 12.1 Å². The SMILES string of the molecule is CC(C)N1CCCN([C@H]2CCNC2)C1=O. The molecule has 4 nitrogen and oxygen atoms in total. The maximum Gasteiger partial charge on any atom is 0.320 e. The number of hydrogen-bond acceptors (Lipinski definition) is 2. The predicted molar refractivity (Wildman–Crippen MR) is 59.8 cm³/mol. The summed E-state index contributed by atoms with van der Waals surface area (Å²) in [4.78, 5) is 16.2. The van der Waals surface area contributed by atoms with E-state index in [1.54, 1.807) is 0 Å². The molecule has 0 spiro atoms. The van der Waals surface area contributed by atoms with E-state index in [9.17, 15) is 4.79 Å². The third-order valence-electron chi connectivity index (χ3n) is 3.39. The Kier molecular flexibility index (Phi) is 3.14. The molecule has 86 valence electrons. The first-order chi connectivity index (χ1) is 7.20. The minimum absolute atomic E-state index is 0.241. The molecule has 0 aromatic carbocycles. The summed E-state index contributed by atoms with van der Waals surface area (Å²) < 4.78 is 0. The fourth-order valence-electron chi connectivity index (χ4n) is 2.49. The van der Waals surface area contributed by atoms with Crippen LogP contribution in [0.4, 0.5) is 4.79 Å². The maximum absolute atomic E-state index is 12.2. The molecule has 2 heterocycles. The van der Waals surface area contributed by atoms with Crippen LogP contribution in [0.5, 0.6) is 0 Å². The van der Waals surface area contributed by atoms with Crippen molar-refractivity contribution in [1.29, 1.82) is 0 Å². The Morgan fingerprint density at radius 1 is 1.40 bits per heavy atom. The molecule has 2 fully saturated rings. The summed E-state index contributed by atoms with van der Waals surface area (Å²) in [5.41, 5.74) is 0. The highest BCUT2D eigenvalue weighted by Gasteiger charge is 2.33. The summed E-state index contributed by atoms with van der Waals surface area (Å²) in [6, 6.07) is 0.999. The molecule has 4 heteroatoms. The van der Waals surface area contributed by atoms with Gasteiger partial charge >= 0.3 is 6.03 Å². The van der Waals surface area contributed by atoms with Crippen LogP contribution in [0, 0.1) is 0 Å². The molecule has 0 aromatic rings. The third kappa shape index (κ3) is 2.09. The number of carbonyl (C=O) groups is 1. The lowest BCUT2D eigenvalue weighted by molar-refractivity contribution is 0.0992. The van der Waals surface area contributed by atoms with Crippen molar-refractivity contribution in [2.24, 2.45) is 0 Å². The van der Waals surface area contributed by atoms with E-state index in [4.69, 9.17) is 0 Å². The highest BCUT2D eigenvalue weighted by molar-refractivity contribution is 5.76. The lowest BCUT2D eigenvalue weighted by Crippen LogP contribution is -2.55. The van der Waals surface area contributed by atoms with Crippen molar-refractivity contribution < 1.29 is 4.79 Å². The first-order valence-electron chi connectivity index (χ1n) is 5.98. The highest BCUT2D eigenvalue weighted by atomic mass is 16.2. The van der Waals surface area contributed by atoms with Gasteiger partial charge in [0.2, 0.25) is 0 Å². The van der Waals surface area contributed by atoms with Crippen molar-refractivity contribution in [3.8, 4) is 0 Å². The number of amides is 2. The molecule has 1 N–H and O–H groups in total. The van der Waals surface area contributed by atoms with Gasteiger partial charge in [-0.25, -0.2) is 4.79 Å². The van der Waals surface area contributed by atoms with Crippen LogP contribution in [0.2, 0.25) is 0 Å². The van der Waals surface area contributed by atoms with Crippen LogP contribution in [0.15, 0.2) is 0 Å². The van der Waals surface area contributed by atoms with Crippen molar-refractivity contribution in [1.82, 2.24) is 15.1 Å². The van der Waals surface area contributed by atoms with E-state index >= 15 is 0 Å². The molecule has 2 aliphatic heterocycles. The van der Waals surface area contributed by atoms with Gasteiger partial charge in [-0.15, -0.1) is 0 Å².